The van der Waals surface area contributed by atoms with Crippen molar-refractivity contribution in [3.8, 4) is 0 Å². The van der Waals surface area contributed by atoms with Gasteiger partial charge in [0.25, 0.3) is 0 Å². The molecule has 3 nitrogen and oxygen atoms in total. The molecule has 0 aromatic heterocycles. The topological polar surface area (TPSA) is 41.1 Å². The lowest BCUT2D eigenvalue weighted by Gasteiger charge is -2.24. The summed E-state index contributed by atoms with van der Waals surface area (Å²) in [6, 6.07) is 6.91. The Morgan fingerprint density at radius 1 is 1.19 bits per heavy atom. The van der Waals surface area contributed by atoms with Gasteiger partial charge in [-0.15, -0.1) is 12.4 Å². The van der Waals surface area contributed by atoms with Crippen molar-refractivity contribution < 1.29 is 4.79 Å². The second-order valence-electron chi connectivity index (χ2n) is 6.10. The molecule has 1 amide bonds. The van der Waals surface area contributed by atoms with Gasteiger partial charge in [-0.3, -0.25) is 4.79 Å². The molecule has 0 spiro atoms. The Balaban J connectivity index is 0.00000161. The lowest BCUT2D eigenvalue weighted by atomic mass is 9.90. The minimum atomic E-state index is 0. The smallest absolute Gasteiger partial charge is 0.224 e. The van der Waals surface area contributed by atoms with Crippen LogP contribution in [0.15, 0.2) is 18.2 Å². The van der Waals surface area contributed by atoms with Gasteiger partial charge in [0, 0.05) is 12.6 Å². The number of carbonyl (C=O) groups is 1. The lowest BCUT2D eigenvalue weighted by molar-refractivity contribution is -0.121. The molecule has 0 saturated carbocycles. The molecule has 116 valence electrons. The first-order chi connectivity index (χ1) is 9.81. The fraction of sp³-hybridized carbons (Fsp3) is 0.588. The number of halogens is 1. The fourth-order valence-electron chi connectivity index (χ4n) is 3.34. The number of amides is 1. The highest BCUT2D eigenvalue weighted by Crippen LogP contribution is 2.22. The van der Waals surface area contributed by atoms with Crippen molar-refractivity contribution in [3.63, 3.8) is 0 Å². The predicted octanol–water partition coefficient (Wildman–Crippen LogP) is 2.40. The molecule has 4 heteroatoms. The van der Waals surface area contributed by atoms with E-state index in [9.17, 15) is 4.79 Å². The Bertz CT molecular complexity index is 484. The lowest BCUT2D eigenvalue weighted by Crippen LogP contribution is -2.46. The van der Waals surface area contributed by atoms with Crippen LogP contribution in [0.25, 0.3) is 0 Å². The van der Waals surface area contributed by atoms with Crippen molar-refractivity contribution in [3.05, 3.63) is 34.9 Å². The van der Waals surface area contributed by atoms with Crippen LogP contribution in [-0.4, -0.2) is 25.0 Å². The average molecular weight is 309 g/mol. The first-order valence-electron chi connectivity index (χ1n) is 7.92. The van der Waals surface area contributed by atoms with Crippen LogP contribution in [0.5, 0.6) is 0 Å². The van der Waals surface area contributed by atoms with Crippen LogP contribution in [0.3, 0.4) is 0 Å². The maximum atomic E-state index is 12.1. The molecule has 1 heterocycles. The van der Waals surface area contributed by atoms with E-state index in [1.165, 1.54) is 36.8 Å². The second kappa shape index (κ2) is 7.81. The van der Waals surface area contributed by atoms with E-state index in [0.717, 1.165) is 31.5 Å². The molecule has 3 rings (SSSR count). The number of aryl methyl sites for hydroxylation is 2. The van der Waals surface area contributed by atoms with Crippen LogP contribution in [0.2, 0.25) is 0 Å². The molecule has 1 atom stereocenters. The molecule has 0 bridgehead atoms. The molecule has 1 fully saturated rings. The number of carbonyl (C=O) groups excluding carboxylic acids is 1. The molecule has 1 saturated heterocycles. The van der Waals surface area contributed by atoms with Gasteiger partial charge < -0.3 is 10.6 Å². The van der Waals surface area contributed by atoms with Crippen molar-refractivity contribution in [2.75, 3.05) is 13.1 Å². The maximum absolute atomic E-state index is 12.1. The zero-order valence-electron chi connectivity index (χ0n) is 12.5. The highest BCUT2D eigenvalue weighted by Gasteiger charge is 2.16. The largest absolute Gasteiger partial charge is 0.352 e. The summed E-state index contributed by atoms with van der Waals surface area (Å²) in [5.74, 6) is 0.162. The molecule has 1 aliphatic heterocycles. The van der Waals surface area contributed by atoms with Crippen molar-refractivity contribution in [1.82, 2.24) is 10.6 Å². The van der Waals surface area contributed by atoms with Crippen molar-refractivity contribution >= 4 is 18.3 Å². The van der Waals surface area contributed by atoms with E-state index in [-0.39, 0.29) is 18.3 Å². The molecule has 1 aromatic rings. The van der Waals surface area contributed by atoms with Gasteiger partial charge in [-0.05, 0) is 61.8 Å². The maximum Gasteiger partial charge on any atom is 0.224 e. The number of hydrogen-bond donors (Lipinski definition) is 2. The van der Waals surface area contributed by atoms with E-state index in [2.05, 4.69) is 28.8 Å². The van der Waals surface area contributed by atoms with Gasteiger partial charge in [-0.2, -0.15) is 0 Å². The quantitative estimate of drug-likeness (QED) is 0.900. The minimum Gasteiger partial charge on any atom is -0.352 e. The van der Waals surface area contributed by atoms with Gasteiger partial charge in [0.1, 0.15) is 0 Å². The summed E-state index contributed by atoms with van der Waals surface area (Å²) in [7, 11) is 0. The molecule has 0 radical (unpaired) electrons. The zero-order valence-corrected chi connectivity index (χ0v) is 13.3. The van der Waals surface area contributed by atoms with Crippen molar-refractivity contribution in [2.45, 2.75) is 51.0 Å². The van der Waals surface area contributed by atoms with Gasteiger partial charge >= 0.3 is 0 Å². The third kappa shape index (κ3) is 4.45. The highest BCUT2D eigenvalue weighted by molar-refractivity contribution is 5.85. The van der Waals surface area contributed by atoms with Gasteiger partial charge in [-0.1, -0.05) is 18.2 Å². The Hall–Kier alpha value is -1.06. The number of rotatable bonds is 3. The monoisotopic (exact) mass is 308 g/mol. The van der Waals surface area contributed by atoms with Gasteiger partial charge in [-0.25, -0.2) is 0 Å². The normalized spacial score (nSPS) is 21.0. The molecular weight excluding hydrogens is 284 g/mol. The molecule has 2 aliphatic rings. The van der Waals surface area contributed by atoms with E-state index in [1.807, 2.05) is 0 Å². The van der Waals surface area contributed by atoms with Gasteiger partial charge in [0.2, 0.25) is 5.91 Å². The van der Waals surface area contributed by atoms with Crippen LogP contribution < -0.4 is 10.6 Å². The first-order valence-corrected chi connectivity index (χ1v) is 7.92. The standard InChI is InChI=1S/C17H24N2O.ClH/c20-17(19-16-6-3-9-18-12-16)11-13-7-8-14-4-1-2-5-15(14)10-13;/h7-8,10,16,18H,1-6,9,11-12H2,(H,19,20);1H/t16-;/m0./s1. The SMILES string of the molecule is Cl.O=C(Cc1ccc2c(c1)CCCC2)N[C@H]1CCCNC1. The Labute approximate surface area is 133 Å². The summed E-state index contributed by atoms with van der Waals surface area (Å²) < 4.78 is 0. The molecule has 1 aromatic carbocycles. The summed E-state index contributed by atoms with van der Waals surface area (Å²) in [5, 5.41) is 6.48. The predicted molar refractivity (Wildman–Crippen MR) is 88.1 cm³/mol. The van der Waals surface area contributed by atoms with Crippen LogP contribution in [0.1, 0.15) is 42.4 Å². The van der Waals surface area contributed by atoms with Crippen LogP contribution in [0.4, 0.5) is 0 Å². The van der Waals surface area contributed by atoms with E-state index >= 15 is 0 Å². The minimum absolute atomic E-state index is 0. The van der Waals surface area contributed by atoms with Crippen LogP contribution in [-0.2, 0) is 24.1 Å². The number of hydrogen-bond acceptors (Lipinski definition) is 2. The van der Waals surface area contributed by atoms with E-state index < -0.39 is 0 Å². The molecular formula is C17H25ClN2O. The number of benzene rings is 1. The van der Waals surface area contributed by atoms with Crippen LogP contribution in [0, 0.1) is 0 Å². The van der Waals surface area contributed by atoms with Crippen molar-refractivity contribution in [1.29, 1.82) is 0 Å². The third-order valence-electron chi connectivity index (χ3n) is 4.44. The van der Waals surface area contributed by atoms with E-state index in [0.29, 0.717) is 12.5 Å². The molecule has 0 unspecified atom stereocenters. The molecule has 1 aliphatic carbocycles. The Morgan fingerprint density at radius 3 is 2.76 bits per heavy atom. The Kier molecular flexibility index (Phi) is 6.07. The third-order valence-corrected chi connectivity index (χ3v) is 4.44. The number of piperidine rings is 1. The van der Waals surface area contributed by atoms with E-state index in [1.54, 1.807) is 0 Å². The van der Waals surface area contributed by atoms with Gasteiger partial charge in [0.05, 0.1) is 6.42 Å². The average Bonchev–Trinajstić information content (AvgIpc) is 2.48. The summed E-state index contributed by atoms with van der Waals surface area (Å²) >= 11 is 0. The van der Waals surface area contributed by atoms with Gasteiger partial charge in [0.15, 0.2) is 0 Å². The summed E-state index contributed by atoms with van der Waals surface area (Å²) in [5.41, 5.74) is 4.10. The summed E-state index contributed by atoms with van der Waals surface area (Å²) in [4.78, 5) is 12.1. The number of fused-ring (bicyclic) bond motifs is 1. The molecule has 21 heavy (non-hydrogen) atoms. The van der Waals surface area contributed by atoms with Crippen LogP contribution >= 0.6 is 12.4 Å². The van der Waals surface area contributed by atoms with Crippen molar-refractivity contribution in [2.24, 2.45) is 0 Å². The molecule has 2 N–H and O–H groups in total. The highest BCUT2D eigenvalue weighted by atomic mass is 35.5. The Morgan fingerprint density at radius 2 is 2.00 bits per heavy atom. The number of nitrogens with one attached hydrogen (secondary N) is 2. The first kappa shape index (κ1) is 16.3. The second-order valence-corrected chi connectivity index (χ2v) is 6.10. The summed E-state index contributed by atoms with van der Waals surface area (Å²) in [6.07, 6.45) is 7.75. The van der Waals surface area contributed by atoms with E-state index in [4.69, 9.17) is 0 Å². The summed E-state index contributed by atoms with van der Waals surface area (Å²) in [6.45, 7) is 1.99. The zero-order chi connectivity index (χ0) is 13.8. The fourth-order valence-corrected chi connectivity index (χ4v) is 3.34.